The van der Waals surface area contributed by atoms with Crippen LogP contribution in [0.15, 0.2) is 30.3 Å². The summed E-state index contributed by atoms with van der Waals surface area (Å²) in [6, 6.07) is 10.4. The van der Waals surface area contributed by atoms with Crippen LogP contribution in [0.5, 0.6) is 0 Å². The Labute approximate surface area is 175 Å². The summed E-state index contributed by atoms with van der Waals surface area (Å²) in [7, 11) is 0. The summed E-state index contributed by atoms with van der Waals surface area (Å²) < 4.78 is 0. The number of carbonyl (C=O) groups excluding carboxylic acids is 2. The third kappa shape index (κ3) is 4.84. The smallest absolute Gasteiger partial charge is 0.226 e. The molecule has 4 rings (SSSR count). The van der Waals surface area contributed by atoms with E-state index < -0.39 is 0 Å². The Morgan fingerprint density at radius 1 is 0.897 bits per heavy atom. The molecule has 4 nitrogen and oxygen atoms in total. The molecule has 1 aliphatic heterocycles. The van der Waals surface area contributed by atoms with Gasteiger partial charge >= 0.3 is 0 Å². The lowest BCUT2D eigenvalue weighted by molar-refractivity contribution is -0.143. The molecule has 3 fully saturated rings. The number of rotatable bonds is 6. The van der Waals surface area contributed by atoms with Gasteiger partial charge in [-0.2, -0.15) is 0 Å². The zero-order chi connectivity index (χ0) is 20.2. The average molecular weight is 397 g/mol. The van der Waals surface area contributed by atoms with Crippen molar-refractivity contribution in [3.8, 4) is 0 Å². The van der Waals surface area contributed by atoms with Crippen LogP contribution < -0.4 is 0 Å². The van der Waals surface area contributed by atoms with E-state index >= 15 is 0 Å². The molecule has 2 saturated carbocycles. The predicted molar refractivity (Wildman–Crippen MR) is 115 cm³/mol. The van der Waals surface area contributed by atoms with Gasteiger partial charge in [0.25, 0.3) is 0 Å². The molecule has 1 aromatic rings. The monoisotopic (exact) mass is 396 g/mol. The zero-order valence-electron chi connectivity index (χ0n) is 17.9. The van der Waals surface area contributed by atoms with Gasteiger partial charge in [0.15, 0.2) is 0 Å². The van der Waals surface area contributed by atoms with Crippen LogP contribution in [0.4, 0.5) is 0 Å². The van der Waals surface area contributed by atoms with Gasteiger partial charge in [0.05, 0.1) is 0 Å². The summed E-state index contributed by atoms with van der Waals surface area (Å²) in [5.74, 6) is 2.25. The first-order chi connectivity index (χ1) is 14.2. The first kappa shape index (κ1) is 20.4. The fourth-order valence-corrected chi connectivity index (χ4v) is 5.37. The lowest BCUT2D eigenvalue weighted by Gasteiger charge is -2.38. The van der Waals surface area contributed by atoms with Crippen molar-refractivity contribution in [1.29, 1.82) is 0 Å². The molecule has 0 aromatic heterocycles. The van der Waals surface area contributed by atoms with Crippen molar-refractivity contribution in [3.63, 3.8) is 0 Å². The van der Waals surface area contributed by atoms with E-state index in [1.165, 1.54) is 37.7 Å². The maximum atomic E-state index is 13.0. The van der Waals surface area contributed by atoms with E-state index in [0.29, 0.717) is 43.9 Å². The van der Waals surface area contributed by atoms with E-state index in [1.54, 1.807) is 0 Å². The average Bonchev–Trinajstić information content (AvgIpc) is 3.59. The largest absolute Gasteiger partial charge is 0.339 e. The molecule has 0 radical (unpaired) electrons. The molecule has 3 aliphatic rings. The van der Waals surface area contributed by atoms with Crippen molar-refractivity contribution in [1.82, 2.24) is 9.80 Å². The molecule has 1 saturated heterocycles. The molecular formula is C25H36N2O2. The highest BCUT2D eigenvalue weighted by Crippen LogP contribution is 2.48. The van der Waals surface area contributed by atoms with Gasteiger partial charge in [0.1, 0.15) is 0 Å². The van der Waals surface area contributed by atoms with Gasteiger partial charge in [-0.3, -0.25) is 9.59 Å². The van der Waals surface area contributed by atoms with Crippen LogP contribution in [0.2, 0.25) is 0 Å². The second-order valence-electron chi connectivity index (χ2n) is 9.37. The standard InChI is InChI=1S/C25H36N2O2/c1-2-3-7-19-10-12-21(13-11-19)24(28)26-14-16-27(17-15-26)25(29)23-18-22(23)20-8-5-4-6-9-20/h4-6,8-9,19,21-23H,2-3,7,10-18H2,1H3. The number of hydrogen-bond acceptors (Lipinski definition) is 2. The SMILES string of the molecule is CCCCC1CCC(C(=O)N2CCN(C(=O)C3CC3c3ccccc3)CC2)CC1. The molecule has 29 heavy (non-hydrogen) atoms. The van der Waals surface area contributed by atoms with E-state index in [-0.39, 0.29) is 11.8 Å². The number of nitrogens with zero attached hydrogens (tertiary/aromatic N) is 2. The van der Waals surface area contributed by atoms with Crippen molar-refractivity contribution in [2.45, 2.75) is 64.2 Å². The minimum absolute atomic E-state index is 0.151. The minimum atomic E-state index is 0.151. The van der Waals surface area contributed by atoms with E-state index in [1.807, 2.05) is 15.9 Å². The first-order valence-corrected chi connectivity index (χ1v) is 11.8. The van der Waals surface area contributed by atoms with Gasteiger partial charge < -0.3 is 9.80 Å². The van der Waals surface area contributed by atoms with Crippen LogP contribution >= 0.6 is 0 Å². The number of piperazine rings is 1. The summed E-state index contributed by atoms with van der Waals surface area (Å²) in [6.45, 7) is 5.08. The minimum Gasteiger partial charge on any atom is -0.339 e. The van der Waals surface area contributed by atoms with Crippen LogP contribution in [0.3, 0.4) is 0 Å². The molecule has 158 valence electrons. The van der Waals surface area contributed by atoms with Crippen LogP contribution in [0, 0.1) is 17.8 Å². The molecule has 2 unspecified atom stereocenters. The van der Waals surface area contributed by atoms with E-state index in [9.17, 15) is 9.59 Å². The van der Waals surface area contributed by atoms with Gasteiger partial charge in [-0.25, -0.2) is 0 Å². The van der Waals surface area contributed by atoms with Crippen molar-refractivity contribution in [2.24, 2.45) is 17.8 Å². The number of amides is 2. The highest BCUT2D eigenvalue weighted by Gasteiger charge is 2.46. The van der Waals surface area contributed by atoms with Gasteiger partial charge in [0.2, 0.25) is 11.8 Å². The van der Waals surface area contributed by atoms with Crippen LogP contribution in [-0.4, -0.2) is 47.8 Å². The second-order valence-corrected chi connectivity index (χ2v) is 9.37. The number of hydrogen-bond donors (Lipinski definition) is 0. The van der Waals surface area contributed by atoms with Gasteiger partial charge in [0, 0.05) is 38.0 Å². The molecular weight excluding hydrogens is 360 g/mol. The highest BCUT2D eigenvalue weighted by molar-refractivity contribution is 5.84. The molecule has 2 amide bonds. The van der Waals surface area contributed by atoms with Crippen molar-refractivity contribution in [2.75, 3.05) is 26.2 Å². The Kier molecular flexibility index (Phi) is 6.56. The Morgan fingerprint density at radius 2 is 1.52 bits per heavy atom. The number of benzene rings is 1. The van der Waals surface area contributed by atoms with Crippen LogP contribution in [0.25, 0.3) is 0 Å². The number of carbonyl (C=O) groups is 2. The molecule has 1 heterocycles. The number of unbranched alkanes of at least 4 members (excludes halogenated alkanes) is 1. The van der Waals surface area contributed by atoms with Gasteiger partial charge in [-0.05, 0) is 49.5 Å². The molecule has 4 heteroatoms. The lowest BCUT2D eigenvalue weighted by Crippen LogP contribution is -2.52. The van der Waals surface area contributed by atoms with Gasteiger partial charge in [-0.15, -0.1) is 0 Å². The zero-order valence-corrected chi connectivity index (χ0v) is 17.9. The molecule has 0 bridgehead atoms. The molecule has 1 aromatic carbocycles. The second kappa shape index (κ2) is 9.32. The Hall–Kier alpha value is -1.84. The maximum Gasteiger partial charge on any atom is 0.226 e. The fourth-order valence-electron chi connectivity index (χ4n) is 5.37. The first-order valence-electron chi connectivity index (χ1n) is 11.8. The molecule has 0 spiro atoms. The van der Waals surface area contributed by atoms with Crippen LogP contribution in [-0.2, 0) is 9.59 Å². The lowest BCUT2D eigenvalue weighted by atomic mass is 9.79. The summed E-state index contributed by atoms with van der Waals surface area (Å²) in [6.07, 6.45) is 9.47. The summed E-state index contributed by atoms with van der Waals surface area (Å²) in [4.78, 5) is 29.9. The summed E-state index contributed by atoms with van der Waals surface area (Å²) in [5, 5.41) is 0. The summed E-state index contributed by atoms with van der Waals surface area (Å²) in [5.41, 5.74) is 1.29. The van der Waals surface area contributed by atoms with Crippen LogP contribution in [0.1, 0.15) is 69.8 Å². The maximum absolute atomic E-state index is 13.0. The third-order valence-electron chi connectivity index (χ3n) is 7.40. The van der Waals surface area contributed by atoms with Crippen molar-refractivity contribution in [3.05, 3.63) is 35.9 Å². The molecule has 2 aliphatic carbocycles. The molecule has 0 N–H and O–H groups in total. The quantitative estimate of drug-likeness (QED) is 0.712. The van der Waals surface area contributed by atoms with E-state index in [4.69, 9.17) is 0 Å². The molecule has 2 atom stereocenters. The predicted octanol–water partition coefficient (Wildman–Crippen LogP) is 4.46. The fraction of sp³-hybridized carbons (Fsp3) is 0.680. The van der Waals surface area contributed by atoms with Gasteiger partial charge in [-0.1, -0.05) is 56.5 Å². The van der Waals surface area contributed by atoms with Crippen molar-refractivity contribution >= 4 is 11.8 Å². The Morgan fingerprint density at radius 3 is 2.14 bits per heavy atom. The Bertz CT molecular complexity index is 688. The normalized spacial score (nSPS) is 29.6. The highest BCUT2D eigenvalue weighted by atomic mass is 16.2. The van der Waals surface area contributed by atoms with E-state index in [2.05, 4.69) is 31.2 Å². The third-order valence-corrected chi connectivity index (χ3v) is 7.40. The summed E-state index contributed by atoms with van der Waals surface area (Å²) >= 11 is 0. The van der Waals surface area contributed by atoms with Crippen molar-refractivity contribution < 1.29 is 9.59 Å². The Balaban J connectivity index is 1.21. The topological polar surface area (TPSA) is 40.6 Å². The van der Waals surface area contributed by atoms with E-state index in [0.717, 1.165) is 25.2 Å².